The fraction of sp³-hybridized carbons (Fsp3) is 0.379. The second-order valence-corrected chi connectivity index (χ2v) is 11.0. The van der Waals surface area contributed by atoms with Gasteiger partial charge in [0.15, 0.2) is 0 Å². The van der Waals surface area contributed by atoms with E-state index in [1.807, 2.05) is 6.07 Å². The molecule has 10 nitrogen and oxygen atoms in total. The fourth-order valence-electron chi connectivity index (χ4n) is 4.64. The van der Waals surface area contributed by atoms with Crippen LogP contribution < -0.4 is 10.6 Å². The van der Waals surface area contributed by atoms with E-state index in [2.05, 4.69) is 15.6 Å². The summed E-state index contributed by atoms with van der Waals surface area (Å²) in [7, 11) is 0. The molecule has 1 aromatic carbocycles. The van der Waals surface area contributed by atoms with E-state index in [-0.39, 0.29) is 31.6 Å². The van der Waals surface area contributed by atoms with Crippen LogP contribution in [-0.4, -0.2) is 55.7 Å². The van der Waals surface area contributed by atoms with E-state index in [0.29, 0.717) is 30.1 Å². The summed E-state index contributed by atoms with van der Waals surface area (Å²) in [6, 6.07) is 9.96. The van der Waals surface area contributed by atoms with Crippen LogP contribution in [0.15, 0.2) is 55.0 Å². The van der Waals surface area contributed by atoms with Crippen molar-refractivity contribution in [2.24, 2.45) is 0 Å². The van der Waals surface area contributed by atoms with Crippen molar-refractivity contribution < 1.29 is 24.2 Å². The molecule has 0 bridgehead atoms. The number of ether oxygens (including phenoxy) is 1. The number of pyridine rings is 1. The number of amides is 3. The third kappa shape index (κ3) is 7.19. The number of aliphatic hydroxyl groups is 1. The molecular weight excluding hydrogens is 534 g/mol. The van der Waals surface area contributed by atoms with Crippen LogP contribution >= 0.6 is 11.6 Å². The summed E-state index contributed by atoms with van der Waals surface area (Å²) in [5, 5.41) is 16.0. The Morgan fingerprint density at radius 1 is 1.10 bits per heavy atom. The van der Waals surface area contributed by atoms with Gasteiger partial charge in [0.1, 0.15) is 24.1 Å². The third-order valence-corrected chi connectivity index (χ3v) is 6.76. The lowest BCUT2D eigenvalue weighted by molar-refractivity contribution is -0.125. The Kier molecular flexibility index (Phi) is 9.11. The normalized spacial score (nSPS) is 15.1. The van der Waals surface area contributed by atoms with Gasteiger partial charge in [-0.25, -0.2) is 4.79 Å². The molecule has 3 aromatic rings. The molecule has 2 aromatic heterocycles. The van der Waals surface area contributed by atoms with Crippen molar-refractivity contribution in [3.8, 4) is 11.1 Å². The second kappa shape index (κ2) is 12.5. The smallest absolute Gasteiger partial charge is 0.407 e. The minimum Gasteiger partial charge on any atom is -0.444 e. The topological polar surface area (TPSA) is 126 Å². The van der Waals surface area contributed by atoms with Crippen LogP contribution in [0.5, 0.6) is 0 Å². The molecule has 0 unspecified atom stereocenters. The Labute approximate surface area is 238 Å². The van der Waals surface area contributed by atoms with Gasteiger partial charge in [-0.05, 0) is 69.0 Å². The highest BCUT2D eigenvalue weighted by Crippen LogP contribution is 2.26. The molecule has 0 aliphatic carbocycles. The van der Waals surface area contributed by atoms with Gasteiger partial charge in [0, 0.05) is 54.4 Å². The number of carbonyl (C=O) groups is 3. The van der Waals surface area contributed by atoms with E-state index < -0.39 is 17.7 Å². The number of halogens is 1. The van der Waals surface area contributed by atoms with E-state index in [4.69, 9.17) is 16.3 Å². The van der Waals surface area contributed by atoms with Crippen molar-refractivity contribution in [3.63, 3.8) is 0 Å². The first kappa shape index (κ1) is 29.1. The number of hydrogen-bond acceptors (Lipinski definition) is 6. The van der Waals surface area contributed by atoms with Gasteiger partial charge < -0.3 is 29.9 Å². The Morgan fingerprint density at radius 2 is 1.88 bits per heavy atom. The minimum absolute atomic E-state index is 0.168. The van der Waals surface area contributed by atoms with Crippen molar-refractivity contribution in [3.05, 3.63) is 76.8 Å². The molecule has 1 saturated heterocycles. The number of likely N-dealkylation sites (tertiary alicyclic amines) is 1. The van der Waals surface area contributed by atoms with Gasteiger partial charge in [-0.3, -0.25) is 14.6 Å². The molecule has 1 aliphatic heterocycles. The Bertz CT molecular complexity index is 1370. The quantitative estimate of drug-likeness (QED) is 0.376. The molecule has 0 radical (unpaired) electrons. The first-order valence-electron chi connectivity index (χ1n) is 13.1. The summed E-state index contributed by atoms with van der Waals surface area (Å²) in [6.45, 7) is 5.78. The third-order valence-electron chi connectivity index (χ3n) is 6.52. The van der Waals surface area contributed by atoms with Crippen LogP contribution in [-0.2, 0) is 29.4 Å². The van der Waals surface area contributed by atoms with E-state index in [1.54, 1.807) is 74.6 Å². The fourth-order valence-corrected chi connectivity index (χ4v) is 4.84. The molecule has 11 heteroatoms. The zero-order valence-electron chi connectivity index (χ0n) is 22.8. The van der Waals surface area contributed by atoms with Gasteiger partial charge >= 0.3 is 6.09 Å². The number of hydrogen-bond donors (Lipinski definition) is 3. The summed E-state index contributed by atoms with van der Waals surface area (Å²) in [5.74, 6) is -0.613. The van der Waals surface area contributed by atoms with Crippen LogP contribution in [0.2, 0.25) is 5.02 Å². The molecule has 3 amide bonds. The van der Waals surface area contributed by atoms with E-state index >= 15 is 0 Å². The number of rotatable bonds is 8. The molecule has 1 atom stereocenters. The Balaban J connectivity index is 1.43. The molecule has 1 fully saturated rings. The lowest BCUT2D eigenvalue weighted by Crippen LogP contribution is -2.46. The van der Waals surface area contributed by atoms with Crippen LogP contribution in [0.25, 0.3) is 11.1 Å². The van der Waals surface area contributed by atoms with Crippen molar-refractivity contribution in [1.29, 1.82) is 0 Å². The number of nitrogens with zero attached hydrogens (tertiary/aromatic N) is 3. The second-order valence-electron chi connectivity index (χ2n) is 10.6. The lowest BCUT2D eigenvalue weighted by Gasteiger charge is -2.24. The minimum atomic E-state index is -0.654. The maximum Gasteiger partial charge on any atom is 0.407 e. The summed E-state index contributed by atoms with van der Waals surface area (Å²) in [6.07, 6.45) is 5.70. The van der Waals surface area contributed by atoms with Crippen molar-refractivity contribution in [2.45, 2.75) is 65.1 Å². The van der Waals surface area contributed by atoms with Gasteiger partial charge in [-0.15, -0.1) is 0 Å². The first-order valence-corrected chi connectivity index (χ1v) is 13.5. The molecule has 0 saturated carbocycles. The van der Waals surface area contributed by atoms with E-state index in [1.165, 1.54) is 4.57 Å². The number of alkyl carbamates (subject to hydrolysis) is 1. The van der Waals surface area contributed by atoms with Crippen molar-refractivity contribution in [2.75, 3.05) is 6.54 Å². The van der Waals surface area contributed by atoms with E-state index in [9.17, 15) is 19.5 Å². The van der Waals surface area contributed by atoms with E-state index in [0.717, 1.165) is 22.3 Å². The summed E-state index contributed by atoms with van der Waals surface area (Å²) >= 11 is 6.21. The molecule has 4 rings (SSSR count). The highest BCUT2D eigenvalue weighted by molar-refractivity contribution is 6.30. The van der Waals surface area contributed by atoms with Gasteiger partial charge in [0.25, 0.3) is 5.91 Å². The van der Waals surface area contributed by atoms with Gasteiger partial charge in [-0.1, -0.05) is 23.7 Å². The first-order chi connectivity index (χ1) is 19.1. The number of aromatic nitrogens is 2. The standard InChI is InChI=1S/C29H34ClN5O5/c1-29(2,3)40-28(39)33-15-20-8-9-23(30)12-21(20)16-32-26(37)24-7-5-11-35(24)27(38)25-13-22(17-34(25)18-36)19-6-4-10-31-14-19/h4,6,8-10,12-14,17,24,36H,5,7,11,15-16,18H2,1-3H3,(H,32,37)(H,33,39)/t24-/m0/s1. The van der Waals surface area contributed by atoms with Crippen LogP contribution in [0.4, 0.5) is 4.79 Å². The average molecular weight is 568 g/mol. The predicted molar refractivity (Wildman–Crippen MR) is 150 cm³/mol. The molecule has 212 valence electrons. The molecular formula is C29H34ClN5O5. The summed E-state index contributed by atoms with van der Waals surface area (Å²) < 4.78 is 6.76. The Morgan fingerprint density at radius 3 is 2.58 bits per heavy atom. The highest BCUT2D eigenvalue weighted by atomic mass is 35.5. The number of aliphatic hydroxyl groups excluding tert-OH is 1. The zero-order chi connectivity index (χ0) is 28.9. The number of carbonyl (C=O) groups excluding carboxylic acids is 3. The van der Waals surface area contributed by atoms with Gasteiger partial charge in [-0.2, -0.15) is 0 Å². The zero-order valence-corrected chi connectivity index (χ0v) is 23.6. The van der Waals surface area contributed by atoms with Crippen LogP contribution in [0.1, 0.15) is 55.2 Å². The van der Waals surface area contributed by atoms with Gasteiger partial charge in [0.2, 0.25) is 5.91 Å². The molecule has 1 aliphatic rings. The lowest BCUT2D eigenvalue weighted by atomic mass is 10.1. The highest BCUT2D eigenvalue weighted by Gasteiger charge is 2.35. The molecule has 40 heavy (non-hydrogen) atoms. The SMILES string of the molecule is CC(C)(C)OC(=O)NCc1ccc(Cl)cc1CNC(=O)[C@@H]1CCCN1C(=O)c1cc(-c2cccnc2)cn1CO. The molecule has 3 N–H and O–H groups in total. The van der Waals surface area contributed by atoms with Crippen LogP contribution in [0, 0.1) is 0 Å². The molecule has 0 spiro atoms. The van der Waals surface area contributed by atoms with Crippen molar-refractivity contribution >= 4 is 29.5 Å². The average Bonchev–Trinajstić information content (AvgIpc) is 3.58. The maximum absolute atomic E-state index is 13.5. The summed E-state index contributed by atoms with van der Waals surface area (Å²) in [5.41, 5.74) is 2.76. The van der Waals surface area contributed by atoms with Crippen LogP contribution in [0.3, 0.4) is 0 Å². The van der Waals surface area contributed by atoms with Crippen molar-refractivity contribution in [1.82, 2.24) is 25.1 Å². The largest absolute Gasteiger partial charge is 0.444 e. The number of benzene rings is 1. The number of nitrogens with one attached hydrogen (secondary N) is 2. The van der Waals surface area contributed by atoms with Gasteiger partial charge in [0.05, 0.1) is 0 Å². The maximum atomic E-state index is 13.5. The Hall–Kier alpha value is -3.89. The molecule has 3 heterocycles. The monoisotopic (exact) mass is 567 g/mol. The summed E-state index contributed by atoms with van der Waals surface area (Å²) in [4.78, 5) is 44.6. The predicted octanol–water partition coefficient (Wildman–Crippen LogP) is 4.10.